The van der Waals surface area contributed by atoms with E-state index in [4.69, 9.17) is 19.3 Å². The zero-order valence-electron chi connectivity index (χ0n) is 30.7. The van der Waals surface area contributed by atoms with Crippen LogP contribution in [0, 0.1) is 0 Å². The van der Waals surface area contributed by atoms with Gasteiger partial charge in [0.25, 0.3) is 0 Å². The van der Waals surface area contributed by atoms with Gasteiger partial charge in [-0.15, -0.1) is 0 Å². The molecule has 0 saturated heterocycles. The quantitative estimate of drug-likeness (QED) is 0.0375. The predicted octanol–water partition coefficient (Wildman–Crippen LogP) is 11.7. The Labute approximate surface area is 289 Å². The van der Waals surface area contributed by atoms with E-state index in [1.165, 1.54) is 173 Å². The third-order valence-electron chi connectivity index (χ3n) is 8.93. The van der Waals surface area contributed by atoms with Crippen LogP contribution in [0.5, 0.6) is 0 Å². The molecule has 47 heavy (non-hydrogen) atoms. The molecule has 0 spiro atoms. The maximum atomic E-state index is 11.9. The maximum absolute atomic E-state index is 11.9. The Morgan fingerprint density at radius 1 is 0.511 bits per heavy atom. The van der Waals surface area contributed by atoms with E-state index in [9.17, 15) is 14.2 Å². The molecule has 0 aliphatic heterocycles. The zero-order chi connectivity index (χ0) is 34.7. The van der Waals surface area contributed by atoms with Crippen LogP contribution >= 0.6 is 7.82 Å². The first-order valence-corrected chi connectivity index (χ1v) is 21.3. The van der Waals surface area contributed by atoms with Gasteiger partial charge in [0.05, 0.1) is 6.61 Å². The summed E-state index contributed by atoms with van der Waals surface area (Å²) < 4.78 is 25.1. The molecule has 1 atom stereocenters. The minimum Gasteiger partial charge on any atom is -0.462 e. The largest absolute Gasteiger partial charge is 0.469 e. The first-order valence-electron chi connectivity index (χ1n) is 19.8. The molecule has 0 aromatic carbocycles. The summed E-state index contributed by atoms with van der Waals surface area (Å²) >= 11 is 0. The summed E-state index contributed by atoms with van der Waals surface area (Å²) in [7, 11) is -4.70. The fraction of sp³-hybridized carbons (Fsp3) is 0.947. The number of carbonyl (C=O) groups is 2. The minimum atomic E-state index is -4.70. The van der Waals surface area contributed by atoms with Crippen molar-refractivity contribution in [3.8, 4) is 0 Å². The van der Waals surface area contributed by atoms with E-state index >= 15 is 0 Å². The number of hydrogen-bond donors (Lipinski definition) is 2. The molecule has 8 nitrogen and oxygen atoms in total. The van der Waals surface area contributed by atoms with Crippen molar-refractivity contribution in [2.24, 2.45) is 0 Å². The van der Waals surface area contributed by atoms with E-state index in [1.54, 1.807) is 0 Å². The van der Waals surface area contributed by atoms with Crippen LogP contribution in [0.15, 0.2) is 0 Å². The van der Waals surface area contributed by atoms with Crippen molar-refractivity contribution in [3.05, 3.63) is 0 Å². The summed E-state index contributed by atoms with van der Waals surface area (Å²) in [5, 5.41) is 0. The molecule has 0 saturated carbocycles. The van der Waals surface area contributed by atoms with Gasteiger partial charge in [-0.25, -0.2) is 4.57 Å². The molecule has 280 valence electrons. The standard InChI is InChI=1S/C38H75O8P/c1-3-4-5-6-7-8-9-10-11-12-13-14-15-16-17-18-19-20-21-22-23-24-25-26-27-28-29-30-31-32-33-38(40)44-34-37(46-36(2)39)35-45-47(41,42)43/h37H,3-35H2,1-2H3,(H2,41,42,43)/t37-/m1/s1. The number of phosphoric ester groups is 1. The second-order valence-corrected chi connectivity index (χ2v) is 14.9. The second-order valence-electron chi connectivity index (χ2n) is 13.7. The van der Waals surface area contributed by atoms with Crippen LogP contribution in [0.25, 0.3) is 0 Å². The summed E-state index contributed by atoms with van der Waals surface area (Å²) in [4.78, 5) is 40.6. The van der Waals surface area contributed by atoms with Crippen LogP contribution < -0.4 is 0 Å². The number of carbonyl (C=O) groups excluding carboxylic acids is 2. The van der Waals surface area contributed by atoms with Crippen molar-refractivity contribution in [2.45, 2.75) is 219 Å². The third kappa shape index (κ3) is 39.4. The summed E-state index contributed by atoms with van der Waals surface area (Å²) in [6.45, 7) is 2.61. The van der Waals surface area contributed by atoms with Crippen LogP contribution in [0.2, 0.25) is 0 Å². The van der Waals surface area contributed by atoms with E-state index in [1.807, 2.05) is 0 Å². The van der Waals surface area contributed by atoms with E-state index in [-0.39, 0.29) is 13.0 Å². The fourth-order valence-electron chi connectivity index (χ4n) is 6.08. The smallest absolute Gasteiger partial charge is 0.462 e. The number of rotatable bonds is 37. The Morgan fingerprint density at radius 3 is 1.09 bits per heavy atom. The van der Waals surface area contributed by atoms with Gasteiger partial charge in [-0.1, -0.05) is 193 Å². The monoisotopic (exact) mass is 691 g/mol. The molecule has 0 unspecified atom stereocenters. The molecular weight excluding hydrogens is 615 g/mol. The van der Waals surface area contributed by atoms with E-state index < -0.39 is 32.5 Å². The Kier molecular flexibility index (Phi) is 34.2. The van der Waals surface area contributed by atoms with Crippen molar-refractivity contribution in [2.75, 3.05) is 13.2 Å². The Hall–Kier alpha value is -0.950. The molecule has 0 aliphatic rings. The van der Waals surface area contributed by atoms with Crippen LogP contribution in [0.1, 0.15) is 213 Å². The van der Waals surface area contributed by atoms with Crippen LogP contribution in [0.3, 0.4) is 0 Å². The molecule has 0 fully saturated rings. The van der Waals surface area contributed by atoms with Crippen molar-refractivity contribution in [1.82, 2.24) is 0 Å². The van der Waals surface area contributed by atoms with E-state index in [2.05, 4.69) is 11.4 Å². The summed E-state index contributed by atoms with van der Waals surface area (Å²) in [6.07, 6.45) is 39.8. The average Bonchev–Trinajstić information content (AvgIpc) is 3.02. The number of unbranched alkanes of at least 4 members (excludes halogenated alkanes) is 29. The molecule has 9 heteroatoms. The van der Waals surface area contributed by atoms with Crippen molar-refractivity contribution < 1.29 is 37.9 Å². The summed E-state index contributed by atoms with van der Waals surface area (Å²) in [6, 6.07) is 0. The van der Waals surface area contributed by atoms with Crippen LogP contribution in [0.4, 0.5) is 0 Å². The zero-order valence-corrected chi connectivity index (χ0v) is 31.6. The molecule has 0 rings (SSSR count). The Balaban J connectivity index is 3.31. The lowest BCUT2D eigenvalue weighted by Crippen LogP contribution is -2.28. The van der Waals surface area contributed by atoms with Gasteiger partial charge in [0, 0.05) is 13.3 Å². The van der Waals surface area contributed by atoms with Gasteiger partial charge in [-0.05, 0) is 6.42 Å². The number of ether oxygens (including phenoxy) is 2. The molecule has 2 N–H and O–H groups in total. The minimum absolute atomic E-state index is 0.269. The van der Waals surface area contributed by atoms with E-state index in [0.29, 0.717) is 0 Å². The summed E-state index contributed by atoms with van der Waals surface area (Å²) in [5.74, 6) is -1.06. The topological polar surface area (TPSA) is 119 Å². The lowest BCUT2D eigenvalue weighted by molar-refractivity contribution is -0.159. The molecule has 0 amide bonds. The van der Waals surface area contributed by atoms with Gasteiger partial charge in [0.2, 0.25) is 0 Å². The molecular formula is C38H75O8P. The average molecular weight is 691 g/mol. The third-order valence-corrected chi connectivity index (χ3v) is 9.41. The molecule has 0 aromatic heterocycles. The lowest BCUT2D eigenvalue weighted by atomic mass is 10.0. The van der Waals surface area contributed by atoms with Crippen molar-refractivity contribution in [1.29, 1.82) is 0 Å². The second kappa shape index (κ2) is 34.9. The Bertz CT molecular complexity index is 741. The van der Waals surface area contributed by atoms with Gasteiger partial charge < -0.3 is 19.3 Å². The first-order chi connectivity index (χ1) is 22.7. The molecule has 0 radical (unpaired) electrons. The van der Waals surface area contributed by atoms with Gasteiger partial charge in [0.15, 0.2) is 6.10 Å². The molecule has 0 bridgehead atoms. The predicted molar refractivity (Wildman–Crippen MR) is 193 cm³/mol. The highest BCUT2D eigenvalue weighted by atomic mass is 31.2. The molecule has 0 aliphatic carbocycles. The SMILES string of the molecule is CCCCCCCCCCCCCCCCCCCCCCCCCCCCCCCCC(=O)OC[C@H](COP(=O)(O)O)OC(C)=O. The highest BCUT2D eigenvalue weighted by molar-refractivity contribution is 7.46. The first kappa shape index (κ1) is 46.0. The van der Waals surface area contributed by atoms with Crippen molar-refractivity contribution >= 4 is 19.8 Å². The van der Waals surface area contributed by atoms with Gasteiger partial charge in [0.1, 0.15) is 6.61 Å². The van der Waals surface area contributed by atoms with Gasteiger partial charge >= 0.3 is 19.8 Å². The van der Waals surface area contributed by atoms with Crippen LogP contribution in [-0.4, -0.2) is 41.0 Å². The van der Waals surface area contributed by atoms with Gasteiger partial charge in [-0.2, -0.15) is 0 Å². The molecule has 0 heterocycles. The number of hydrogen-bond acceptors (Lipinski definition) is 6. The maximum Gasteiger partial charge on any atom is 0.469 e. The van der Waals surface area contributed by atoms with Crippen molar-refractivity contribution in [3.63, 3.8) is 0 Å². The summed E-state index contributed by atoms with van der Waals surface area (Å²) in [5.41, 5.74) is 0. The number of phosphoric acid groups is 1. The highest BCUT2D eigenvalue weighted by Gasteiger charge is 2.21. The normalized spacial score (nSPS) is 12.3. The van der Waals surface area contributed by atoms with Crippen LogP contribution in [-0.2, 0) is 28.2 Å². The highest BCUT2D eigenvalue weighted by Crippen LogP contribution is 2.35. The Morgan fingerprint density at radius 2 is 0.809 bits per heavy atom. The lowest BCUT2D eigenvalue weighted by Gasteiger charge is -2.17. The molecule has 0 aromatic rings. The van der Waals surface area contributed by atoms with Gasteiger partial charge in [-0.3, -0.25) is 14.1 Å². The fourth-order valence-corrected chi connectivity index (χ4v) is 6.44. The van der Waals surface area contributed by atoms with E-state index in [0.717, 1.165) is 26.2 Å². The number of esters is 2.